The standard InChI is InChI=1S/C17H18ClN3O3S/c18-14-3-1-12(2-4-14)10-20-17(22)11-21-8-7-13-9-15(25(19,23)24)5-6-16(13)21/h1-6,9H,7-8,10-11H2,(H,20,22)(H2,19,23,24). The van der Waals surface area contributed by atoms with Gasteiger partial charge in [-0.1, -0.05) is 23.7 Å². The number of halogens is 1. The number of primary sulfonamides is 1. The number of amides is 1. The van der Waals surface area contributed by atoms with Gasteiger partial charge in [-0.05, 0) is 47.9 Å². The fraction of sp³-hybridized carbons (Fsp3) is 0.235. The zero-order chi connectivity index (χ0) is 18.0. The van der Waals surface area contributed by atoms with E-state index in [0.717, 1.165) is 16.8 Å². The van der Waals surface area contributed by atoms with Crippen LogP contribution in [-0.2, 0) is 27.8 Å². The molecule has 0 spiro atoms. The van der Waals surface area contributed by atoms with E-state index in [1.165, 1.54) is 6.07 Å². The highest BCUT2D eigenvalue weighted by Gasteiger charge is 2.22. The van der Waals surface area contributed by atoms with Gasteiger partial charge in [-0.15, -0.1) is 0 Å². The topological polar surface area (TPSA) is 92.5 Å². The van der Waals surface area contributed by atoms with Gasteiger partial charge in [0.2, 0.25) is 15.9 Å². The molecule has 2 aromatic rings. The fourth-order valence-electron chi connectivity index (χ4n) is 2.82. The minimum absolute atomic E-state index is 0.0975. The fourth-order valence-corrected chi connectivity index (χ4v) is 3.51. The monoisotopic (exact) mass is 379 g/mol. The van der Waals surface area contributed by atoms with Crippen LogP contribution in [0.25, 0.3) is 0 Å². The Bertz CT molecular complexity index is 898. The summed E-state index contributed by atoms with van der Waals surface area (Å²) in [6, 6.07) is 12.0. The van der Waals surface area contributed by atoms with Crippen molar-refractivity contribution in [2.24, 2.45) is 5.14 Å². The maximum absolute atomic E-state index is 12.2. The summed E-state index contributed by atoms with van der Waals surface area (Å²) in [5.41, 5.74) is 2.73. The molecular formula is C17H18ClN3O3S. The minimum atomic E-state index is -3.71. The highest BCUT2D eigenvalue weighted by Crippen LogP contribution is 2.29. The molecule has 2 aromatic carbocycles. The normalized spacial score (nSPS) is 13.6. The van der Waals surface area contributed by atoms with Crippen LogP contribution in [-0.4, -0.2) is 27.4 Å². The third kappa shape index (κ3) is 4.31. The van der Waals surface area contributed by atoms with E-state index in [9.17, 15) is 13.2 Å². The van der Waals surface area contributed by atoms with E-state index < -0.39 is 10.0 Å². The molecule has 0 saturated carbocycles. The van der Waals surface area contributed by atoms with E-state index in [-0.39, 0.29) is 17.3 Å². The summed E-state index contributed by atoms with van der Waals surface area (Å²) in [7, 11) is -3.71. The molecule has 3 rings (SSSR count). The Morgan fingerprint density at radius 2 is 1.92 bits per heavy atom. The Kier molecular flexibility index (Phi) is 4.99. The van der Waals surface area contributed by atoms with Crippen molar-refractivity contribution in [1.29, 1.82) is 0 Å². The number of hydrogen-bond donors (Lipinski definition) is 2. The molecule has 0 atom stereocenters. The smallest absolute Gasteiger partial charge is 0.239 e. The van der Waals surface area contributed by atoms with Gasteiger partial charge in [-0.2, -0.15) is 0 Å². The first-order valence-electron chi connectivity index (χ1n) is 7.75. The molecule has 1 heterocycles. The lowest BCUT2D eigenvalue weighted by atomic mass is 10.2. The van der Waals surface area contributed by atoms with Crippen LogP contribution < -0.4 is 15.4 Å². The van der Waals surface area contributed by atoms with Crippen LogP contribution in [0.1, 0.15) is 11.1 Å². The molecule has 0 aromatic heterocycles. The van der Waals surface area contributed by atoms with Crippen LogP contribution in [0, 0.1) is 0 Å². The minimum Gasteiger partial charge on any atom is -0.362 e. The van der Waals surface area contributed by atoms with Gasteiger partial charge in [0.1, 0.15) is 0 Å². The largest absolute Gasteiger partial charge is 0.362 e. The van der Waals surface area contributed by atoms with Gasteiger partial charge >= 0.3 is 0 Å². The maximum atomic E-state index is 12.2. The molecule has 1 aliphatic heterocycles. The summed E-state index contributed by atoms with van der Waals surface area (Å²) < 4.78 is 22.8. The molecule has 3 N–H and O–H groups in total. The predicted molar refractivity (Wildman–Crippen MR) is 97.0 cm³/mol. The number of nitrogens with two attached hydrogens (primary N) is 1. The SMILES string of the molecule is NS(=O)(=O)c1ccc2c(c1)CCN2CC(=O)NCc1ccc(Cl)cc1. The number of rotatable bonds is 5. The lowest BCUT2D eigenvalue weighted by molar-refractivity contribution is -0.119. The van der Waals surface area contributed by atoms with Gasteiger partial charge in [0.25, 0.3) is 0 Å². The average Bonchev–Trinajstić information content (AvgIpc) is 2.96. The molecule has 0 unspecified atom stereocenters. The number of hydrogen-bond acceptors (Lipinski definition) is 4. The second-order valence-electron chi connectivity index (χ2n) is 5.91. The molecule has 0 bridgehead atoms. The first kappa shape index (κ1) is 17.7. The molecule has 0 radical (unpaired) electrons. The van der Waals surface area contributed by atoms with Crippen molar-refractivity contribution in [2.75, 3.05) is 18.0 Å². The molecule has 1 amide bonds. The van der Waals surface area contributed by atoms with Gasteiger partial charge in [-0.3, -0.25) is 4.79 Å². The third-order valence-corrected chi connectivity index (χ3v) is 5.27. The molecular weight excluding hydrogens is 362 g/mol. The summed E-state index contributed by atoms with van der Waals surface area (Å²) >= 11 is 5.84. The van der Waals surface area contributed by atoms with E-state index in [4.69, 9.17) is 16.7 Å². The Labute approximate surface area is 151 Å². The molecule has 8 heteroatoms. The van der Waals surface area contributed by atoms with Gasteiger partial charge in [0.15, 0.2) is 0 Å². The summed E-state index contributed by atoms with van der Waals surface area (Å²) in [4.78, 5) is 14.2. The number of carbonyl (C=O) groups is 1. The maximum Gasteiger partial charge on any atom is 0.239 e. The molecule has 0 saturated heterocycles. The van der Waals surface area contributed by atoms with Crippen LogP contribution in [0.5, 0.6) is 0 Å². The van der Waals surface area contributed by atoms with Crippen LogP contribution >= 0.6 is 11.6 Å². The molecule has 1 aliphatic rings. The second-order valence-corrected chi connectivity index (χ2v) is 7.91. The van der Waals surface area contributed by atoms with E-state index in [2.05, 4.69) is 5.32 Å². The van der Waals surface area contributed by atoms with Crippen molar-refractivity contribution in [3.8, 4) is 0 Å². The summed E-state index contributed by atoms with van der Waals surface area (Å²) in [5, 5.41) is 8.68. The van der Waals surface area contributed by atoms with E-state index in [0.29, 0.717) is 24.5 Å². The van der Waals surface area contributed by atoms with E-state index in [1.807, 2.05) is 17.0 Å². The van der Waals surface area contributed by atoms with Gasteiger partial charge in [0, 0.05) is 23.8 Å². The van der Waals surface area contributed by atoms with Gasteiger partial charge < -0.3 is 10.2 Å². The van der Waals surface area contributed by atoms with Crippen molar-refractivity contribution in [3.63, 3.8) is 0 Å². The van der Waals surface area contributed by atoms with Gasteiger partial charge in [-0.25, -0.2) is 13.6 Å². The van der Waals surface area contributed by atoms with Crippen molar-refractivity contribution in [3.05, 3.63) is 58.6 Å². The van der Waals surface area contributed by atoms with Crippen molar-refractivity contribution in [1.82, 2.24) is 5.32 Å². The number of fused-ring (bicyclic) bond motifs is 1. The highest BCUT2D eigenvalue weighted by molar-refractivity contribution is 7.89. The Morgan fingerprint density at radius 3 is 2.60 bits per heavy atom. The number of nitrogens with one attached hydrogen (secondary N) is 1. The summed E-state index contributed by atoms with van der Waals surface area (Å²) in [5.74, 6) is -0.0988. The Morgan fingerprint density at radius 1 is 1.20 bits per heavy atom. The molecule has 132 valence electrons. The summed E-state index contributed by atoms with van der Waals surface area (Å²) in [6.45, 7) is 1.31. The predicted octanol–water partition coefficient (Wildman–Crippen LogP) is 1.67. The molecule has 0 fully saturated rings. The Hall–Kier alpha value is -2.09. The van der Waals surface area contributed by atoms with Gasteiger partial charge in [0.05, 0.1) is 11.4 Å². The molecule has 25 heavy (non-hydrogen) atoms. The van der Waals surface area contributed by atoms with Crippen molar-refractivity contribution in [2.45, 2.75) is 17.9 Å². The first-order valence-corrected chi connectivity index (χ1v) is 9.67. The quantitative estimate of drug-likeness (QED) is 0.826. The Balaban J connectivity index is 1.61. The number of sulfonamides is 1. The first-order chi connectivity index (χ1) is 11.8. The third-order valence-electron chi connectivity index (χ3n) is 4.11. The molecule has 6 nitrogen and oxygen atoms in total. The van der Waals surface area contributed by atoms with Crippen LogP contribution in [0.2, 0.25) is 5.02 Å². The number of nitrogens with zero attached hydrogens (tertiary/aromatic N) is 1. The second kappa shape index (κ2) is 7.03. The summed E-state index contributed by atoms with van der Waals surface area (Å²) in [6.07, 6.45) is 0.684. The van der Waals surface area contributed by atoms with Crippen LogP contribution in [0.15, 0.2) is 47.4 Å². The van der Waals surface area contributed by atoms with Crippen LogP contribution in [0.4, 0.5) is 5.69 Å². The lowest BCUT2D eigenvalue weighted by Crippen LogP contribution is -2.36. The van der Waals surface area contributed by atoms with E-state index in [1.54, 1.807) is 24.3 Å². The number of benzene rings is 2. The molecule has 0 aliphatic carbocycles. The van der Waals surface area contributed by atoms with Crippen molar-refractivity contribution < 1.29 is 13.2 Å². The lowest BCUT2D eigenvalue weighted by Gasteiger charge is -2.19. The highest BCUT2D eigenvalue weighted by atomic mass is 35.5. The average molecular weight is 380 g/mol. The number of carbonyl (C=O) groups excluding carboxylic acids is 1. The van der Waals surface area contributed by atoms with Crippen LogP contribution in [0.3, 0.4) is 0 Å². The van der Waals surface area contributed by atoms with E-state index >= 15 is 0 Å². The van der Waals surface area contributed by atoms with Crippen molar-refractivity contribution >= 4 is 33.2 Å². The zero-order valence-electron chi connectivity index (χ0n) is 13.4. The zero-order valence-corrected chi connectivity index (χ0v) is 15.0. The number of anilines is 1.